The summed E-state index contributed by atoms with van der Waals surface area (Å²) in [6, 6.07) is 9.66. The molecule has 0 fully saturated rings. The van der Waals surface area contributed by atoms with E-state index in [9.17, 15) is 4.79 Å². The molecule has 0 aliphatic rings. The number of H-pyrrole nitrogens is 1. The molecule has 0 bridgehead atoms. The zero-order valence-corrected chi connectivity index (χ0v) is 13.8. The van der Waals surface area contributed by atoms with E-state index in [0.717, 1.165) is 18.4 Å². The summed E-state index contributed by atoms with van der Waals surface area (Å²) in [5.74, 6) is 0.589. The molecule has 0 saturated carbocycles. The Morgan fingerprint density at radius 3 is 2.62 bits per heavy atom. The average molecular weight is 351 g/mol. The summed E-state index contributed by atoms with van der Waals surface area (Å²) in [5, 5.41) is 0. The molecule has 1 atom stereocenters. The van der Waals surface area contributed by atoms with Gasteiger partial charge in [0.05, 0.1) is 5.69 Å². The van der Waals surface area contributed by atoms with Crippen LogP contribution in [-0.2, 0) is 4.74 Å². The molecule has 2 rings (SSSR count). The van der Waals surface area contributed by atoms with E-state index < -0.39 is 0 Å². The summed E-state index contributed by atoms with van der Waals surface area (Å²) in [7, 11) is 0. The fourth-order valence-corrected chi connectivity index (χ4v) is 2.60. The number of aromatic amines is 1. The second kappa shape index (κ2) is 7.52. The lowest BCUT2D eigenvalue weighted by molar-refractivity contribution is 0.0492. The first-order chi connectivity index (χ1) is 10.2. The smallest absolute Gasteiger partial charge is 0.265 e. The molecule has 2 aromatic rings. The van der Waals surface area contributed by atoms with Crippen LogP contribution in [0.1, 0.15) is 38.6 Å². The van der Waals surface area contributed by atoms with Crippen molar-refractivity contribution in [1.29, 1.82) is 0 Å². The Kier molecular flexibility index (Phi) is 5.70. The Morgan fingerprint density at radius 1 is 1.29 bits per heavy atom. The fraction of sp³-hybridized carbons (Fsp3) is 0.375. The molecule has 0 amide bonds. The van der Waals surface area contributed by atoms with Gasteiger partial charge in [-0.2, -0.15) is 0 Å². The number of nitrogens with zero attached hydrogens (tertiary/aromatic N) is 1. The van der Waals surface area contributed by atoms with Crippen LogP contribution < -0.4 is 5.56 Å². The van der Waals surface area contributed by atoms with Crippen molar-refractivity contribution >= 4 is 15.9 Å². The fourth-order valence-electron chi connectivity index (χ4n) is 2.18. The molecule has 1 heterocycles. The van der Waals surface area contributed by atoms with Crippen LogP contribution in [0.25, 0.3) is 11.3 Å². The third-order valence-electron chi connectivity index (χ3n) is 3.15. The van der Waals surface area contributed by atoms with Crippen LogP contribution in [0.15, 0.2) is 39.6 Å². The highest BCUT2D eigenvalue weighted by Gasteiger charge is 2.17. The predicted molar refractivity (Wildman–Crippen MR) is 87.3 cm³/mol. The number of hydrogen-bond donors (Lipinski definition) is 1. The Bertz CT molecular complexity index is 634. The van der Waals surface area contributed by atoms with Gasteiger partial charge in [-0.05, 0) is 29.3 Å². The minimum absolute atomic E-state index is 0.178. The van der Waals surface area contributed by atoms with Gasteiger partial charge in [0.15, 0.2) is 0 Å². The van der Waals surface area contributed by atoms with E-state index in [1.807, 2.05) is 37.3 Å². The second-order valence-electron chi connectivity index (χ2n) is 4.71. The van der Waals surface area contributed by atoms with Crippen LogP contribution in [-0.4, -0.2) is 16.6 Å². The van der Waals surface area contributed by atoms with Crippen molar-refractivity contribution in [1.82, 2.24) is 9.97 Å². The van der Waals surface area contributed by atoms with Gasteiger partial charge < -0.3 is 9.72 Å². The highest BCUT2D eigenvalue weighted by Crippen LogP contribution is 2.26. The monoisotopic (exact) mass is 350 g/mol. The number of aromatic nitrogens is 2. The summed E-state index contributed by atoms with van der Waals surface area (Å²) in [5.41, 5.74) is 1.37. The lowest BCUT2D eigenvalue weighted by Gasteiger charge is -2.16. The van der Waals surface area contributed by atoms with Crippen LogP contribution in [0.5, 0.6) is 0 Å². The minimum Gasteiger partial charge on any atom is -0.371 e. The van der Waals surface area contributed by atoms with Gasteiger partial charge >= 0.3 is 0 Å². The van der Waals surface area contributed by atoms with Gasteiger partial charge in [0, 0.05) is 12.2 Å². The van der Waals surface area contributed by atoms with E-state index in [1.54, 1.807) is 0 Å². The number of halogens is 1. The Morgan fingerprint density at radius 2 is 2.00 bits per heavy atom. The van der Waals surface area contributed by atoms with E-state index in [4.69, 9.17) is 4.74 Å². The lowest BCUT2D eigenvalue weighted by atomic mass is 10.1. The van der Waals surface area contributed by atoms with Crippen LogP contribution in [0.3, 0.4) is 0 Å². The van der Waals surface area contributed by atoms with Gasteiger partial charge in [-0.1, -0.05) is 43.7 Å². The van der Waals surface area contributed by atoms with E-state index in [0.29, 0.717) is 22.6 Å². The van der Waals surface area contributed by atoms with E-state index in [-0.39, 0.29) is 11.7 Å². The molecule has 5 heteroatoms. The van der Waals surface area contributed by atoms with Crippen molar-refractivity contribution in [2.45, 2.75) is 32.8 Å². The summed E-state index contributed by atoms with van der Waals surface area (Å²) >= 11 is 3.33. The van der Waals surface area contributed by atoms with Gasteiger partial charge in [0.2, 0.25) is 0 Å². The lowest BCUT2D eigenvalue weighted by Crippen LogP contribution is -2.18. The molecule has 1 unspecified atom stereocenters. The van der Waals surface area contributed by atoms with Crippen molar-refractivity contribution in [3.8, 4) is 11.3 Å². The minimum atomic E-state index is -0.181. The molecule has 0 aliphatic heterocycles. The number of ether oxygens (including phenoxy) is 1. The molecule has 1 N–H and O–H groups in total. The molecule has 1 aromatic heterocycles. The maximum Gasteiger partial charge on any atom is 0.265 e. The third kappa shape index (κ3) is 3.80. The third-order valence-corrected chi connectivity index (χ3v) is 3.89. The summed E-state index contributed by atoms with van der Waals surface area (Å²) < 4.78 is 6.15. The summed E-state index contributed by atoms with van der Waals surface area (Å²) in [4.78, 5) is 19.6. The SMILES string of the molecule is CCCC(OCC)c1nc(-c2ccccc2)c(Br)c(=O)[nH]1. The largest absolute Gasteiger partial charge is 0.371 e. The quantitative estimate of drug-likeness (QED) is 0.853. The van der Waals surface area contributed by atoms with Gasteiger partial charge in [-0.15, -0.1) is 0 Å². The van der Waals surface area contributed by atoms with Crippen LogP contribution in [0.4, 0.5) is 0 Å². The highest BCUT2D eigenvalue weighted by atomic mass is 79.9. The van der Waals surface area contributed by atoms with Crippen molar-refractivity contribution in [2.75, 3.05) is 6.61 Å². The van der Waals surface area contributed by atoms with E-state index >= 15 is 0 Å². The zero-order valence-electron chi connectivity index (χ0n) is 12.2. The number of nitrogens with one attached hydrogen (secondary N) is 1. The average Bonchev–Trinajstić information content (AvgIpc) is 2.50. The second-order valence-corrected chi connectivity index (χ2v) is 5.51. The van der Waals surface area contributed by atoms with Crippen molar-refractivity contribution in [2.24, 2.45) is 0 Å². The van der Waals surface area contributed by atoms with Crippen molar-refractivity contribution < 1.29 is 4.74 Å². The molecular weight excluding hydrogens is 332 g/mol. The molecule has 112 valence electrons. The number of benzene rings is 1. The van der Waals surface area contributed by atoms with E-state index in [2.05, 4.69) is 32.8 Å². The molecule has 1 aromatic carbocycles. The Labute approximate surface area is 132 Å². The van der Waals surface area contributed by atoms with Gasteiger partial charge in [-0.25, -0.2) is 4.98 Å². The van der Waals surface area contributed by atoms with Gasteiger partial charge in [-0.3, -0.25) is 4.79 Å². The Hall–Kier alpha value is -1.46. The molecule has 0 radical (unpaired) electrons. The Balaban J connectivity index is 2.50. The highest BCUT2D eigenvalue weighted by molar-refractivity contribution is 9.10. The first-order valence-electron chi connectivity index (χ1n) is 7.14. The van der Waals surface area contributed by atoms with Crippen molar-refractivity contribution in [3.63, 3.8) is 0 Å². The summed E-state index contributed by atoms with van der Waals surface area (Å²) in [6.07, 6.45) is 1.61. The molecule has 0 saturated heterocycles. The molecule has 21 heavy (non-hydrogen) atoms. The number of hydrogen-bond acceptors (Lipinski definition) is 3. The predicted octanol–water partition coefficient (Wildman–Crippen LogP) is 4.08. The van der Waals surface area contributed by atoms with Crippen LogP contribution in [0.2, 0.25) is 0 Å². The maximum absolute atomic E-state index is 12.1. The topological polar surface area (TPSA) is 55.0 Å². The normalized spacial score (nSPS) is 12.3. The standard InChI is InChI=1S/C16H19BrN2O2/c1-3-8-12(21-4-2)15-18-14(13(17)16(20)19-15)11-9-6-5-7-10-11/h5-7,9-10,12H,3-4,8H2,1-2H3,(H,18,19,20). The zero-order chi connectivity index (χ0) is 15.2. The summed E-state index contributed by atoms with van der Waals surface area (Å²) in [6.45, 7) is 4.62. The van der Waals surface area contributed by atoms with Crippen LogP contribution >= 0.6 is 15.9 Å². The van der Waals surface area contributed by atoms with Gasteiger partial charge in [0.1, 0.15) is 16.4 Å². The maximum atomic E-state index is 12.1. The molecule has 0 aliphatic carbocycles. The van der Waals surface area contributed by atoms with Crippen molar-refractivity contribution in [3.05, 3.63) is 51.0 Å². The van der Waals surface area contributed by atoms with E-state index in [1.165, 1.54) is 0 Å². The molecule has 4 nitrogen and oxygen atoms in total. The first kappa shape index (κ1) is 15.9. The number of rotatable bonds is 6. The van der Waals surface area contributed by atoms with Gasteiger partial charge in [0.25, 0.3) is 5.56 Å². The first-order valence-corrected chi connectivity index (χ1v) is 7.93. The molecule has 0 spiro atoms. The molecular formula is C16H19BrN2O2. The van der Waals surface area contributed by atoms with Crippen LogP contribution in [0, 0.1) is 0 Å².